The third-order valence-corrected chi connectivity index (χ3v) is 9.13. The fourth-order valence-corrected chi connectivity index (χ4v) is 7.29. The molecule has 1 saturated heterocycles. The molecule has 1 saturated carbocycles. The standard InChI is InChI=1S/C22H24Cl2N4O5S/c23-16-5-2-6-17(24)20(16)22(30)26-19-8-7-18-21(25-19)28(11-15(12-29)33-18)34(31,32)27-9-13-3-1-4-14(13)10-27/h2,5-8,13-15,29H,1,3-4,9-12H2,(H,25,26,30). The molecule has 2 N–H and O–H groups in total. The lowest BCUT2D eigenvalue weighted by Gasteiger charge is -2.36. The average Bonchev–Trinajstić information content (AvgIpc) is 3.41. The van der Waals surface area contributed by atoms with Crippen molar-refractivity contribution in [2.75, 3.05) is 35.9 Å². The van der Waals surface area contributed by atoms with Gasteiger partial charge in [-0.25, -0.2) is 9.29 Å². The summed E-state index contributed by atoms with van der Waals surface area (Å²) < 4.78 is 35.7. The molecular weight excluding hydrogens is 503 g/mol. The zero-order valence-electron chi connectivity index (χ0n) is 18.2. The van der Waals surface area contributed by atoms with Crippen LogP contribution in [0.1, 0.15) is 29.6 Å². The number of nitrogens with one attached hydrogen (secondary N) is 1. The summed E-state index contributed by atoms with van der Waals surface area (Å²) in [6, 6.07) is 7.74. The lowest BCUT2D eigenvalue weighted by Crippen LogP contribution is -2.51. The van der Waals surface area contributed by atoms with Crippen molar-refractivity contribution in [1.82, 2.24) is 9.29 Å². The van der Waals surface area contributed by atoms with Crippen molar-refractivity contribution in [3.8, 4) is 5.75 Å². The number of hydrogen-bond acceptors (Lipinski definition) is 6. The summed E-state index contributed by atoms with van der Waals surface area (Å²) in [4.78, 5) is 17.2. The van der Waals surface area contributed by atoms with E-state index in [4.69, 9.17) is 27.9 Å². The Morgan fingerprint density at radius 3 is 2.44 bits per heavy atom. The second kappa shape index (κ2) is 9.16. The minimum Gasteiger partial charge on any atom is -0.482 e. The third-order valence-electron chi connectivity index (χ3n) is 6.67. The number of aromatic nitrogens is 1. The van der Waals surface area contributed by atoms with Gasteiger partial charge in [-0.2, -0.15) is 12.7 Å². The van der Waals surface area contributed by atoms with Crippen LogP contribution in [0.3, 0.4) is 0 Å². The maximum absolute atomic E-state index is 13.6. The predicted octanol–water partition coefficient (Wildman–Crippen LogP) is 3.18. The Kier molecular flexibility index (Phi) is 6.36. The van der Waals surface area contributed by atoms with E-state index >= 15 is 0 Å². The van der Waals surface area contributed by atoms with Gasteiger partial charge in [0.2, 0.25) is 0 Å². The van der Waals surface area contributed by atoms with E-state index < -0.39 is 22.2 Å². The minimum absolute atomic E-state index is 0.0600. The van der Waals surface area contributed by atoms with E-state index in [2.05, 4.69) is 10.3 Å². The van der Waals surface area contributed by atoms with Crippen LogP contribution in [0.25, 0.3) is 0 Å². The van der Waals surface area contributed by atoms with Crippen LogP contribution in [-0.2, 0) is 10.2 Å². The predicted molar refractivity (Wildman–Crippen MR) is 129 cm³/mol. The molecule has 0 bridgehead atoms. The van der Waals surface area contributed by atoms with Crippen molar-refractivity contribution in [1.29, 1.82) is 0 Å². The molecule has 2 aliphatic heterocycles. The normalized spacial score (nSPS) is 24.4. The Balaban J connectivity index is 1.45. The Labute approximate surface area is 207 Å². The summed E-state index contributed by atoms with van der Waals surface area (Å²) in [6.45, 7) is 0.522. The van der Waals surface area contributed by atoms with Crippen molar-refractivity contribution in [2.45, 2.75) is 25.4 Å². The molecule has 0 spiro atoms. The Hall–Kier alpha value is -2.11. The summed E-state index contributed by atoms with van der Waals surface area (Å²) in [7, 11) is -3.91. The molecule has 1 aromatic heterocycles. The number of anilines is 2. The SMILES string of the molecule is O=C(Nc1ccc2c(n1)N(S(=O)(=O)N1CC3CCCC3C1)CC(CO)O2)c1c(Cl)cccc1Cl. The highest BCUT2D eigenvalue weighted by Crippen LogP contribution is 2.41. The first-order chi connectivity index (χ1) is 16.3. The van der Waals surface area contributed by atoms with Gasteiger partial charge in [-0.1, -0.05) is 35.7 Å². The van der Waals surface area contributed by atoms with E-state index in [-0.39, 0.29) is 46.1 Å². The molecule has 34 heavy (non-hydrogen) atoms. The molecule has 1 amide bonds. The average molecular weight is 527 g/mol. The molecule has 3 atom stereocenters. The van der Waals surface area contributed by atoms with Crippen LogP contribution in [0.2, 0.25) is 10.0 Å². The molecule has 3 unspecified atom stereocenters. The number of amides is 1. The molecule has 3 heterocycles. The second-order valence-electron chi connectivity index (χ2n) is 8.80. The fraction of sp³-hybridized carbons (Fsp3) is 0.455. The number of carbonyl (C=O) groups is 1. The number of fused-ring (bicyclic) bond motifs is 2. The molecule has 5 rings (SSSR count). The molecule has 12 heteroatoms. The van der Waals surface area contributed by atoms with Gasteiger partial charge in [0.25, 0.3) is 5.91 Å². The van der Waals surface area contributed by atoms with E-state index in [9.17, 15) is 18.3 Å². The Morgan fingerprint density at radius 2 is 1.79 bits per heavy atom. The smallest absolute Gasteiger partial charge is 0.305 e. The summed E-state index contributed by atoms with van der Waals surface area (Å²) in [5.74, 6) is 0.566. The highest BCUT2D eigenvalue weighted by molar-refractivity contribution is 7.90. The molecule has 3 aliphatic rings. The number of pyridine rings is 1. The largest absolute Gasteiger partial charge is 0.482 e. The summed E-state index contributed by atoms with van der Waals surface area (Å²) in [6.07, 6.45) is 2.48. The van der Waals surface area contributed by atoms with Gasteiger partial charge >= 0.3 is 10.2 Å². The maximum Gasteiger partial charge on any atom is 0.305 e. The lowest BCUT2D eigenvalue weighted by molar-refractivity contribution is 0.102. The number of aliphatic hydroxyl groups excluding tert-OH is 1. The Bertz CT molecular complexity index is 1200. The van der Waals surface area contributed by atoms with Crippen LogP contribution in [-0.4, -0.2) is 61.1 Å². The number of hydrogen-bond donors (Lipinski definition) is 2. The monoisotopic (exact) mass is 526 g/mol. The molecule has 182 valence electrons. The molecular formula is C22H24Cl2N4O5S. The third kappa shape index (κ3) is 4.22. The lowest BCUT2D eigenvalue weighted by atomic mass is 10.0. The fourth-order valence-electron chi connectivity index (χ4n) is 4.98. The highest BCUT2D eigenvalue weighted by atomic mass is 35.5. The van der Waals surface area contributed by atoms with Gasteiger partial charge in [-0.05, 0) is 48.9 Å². The second-order valence-corrected chi connectivity index (χ2v) is 11.5. The molecule has 1 aliphatic carbocycles. The maximum atomic E-state index is 13.6. The number of ether oxygens (including phenoxy) is 1. The zero-order chi connectivity index (χ0) is 24.0. The van der Waals surface area contributed by atoms with Crippen molar-refractivity contribution in [3.05, 3.63) is 45.9 Å². The quantitative estimate of drug-likeness (QED) is 0.618. The van der Waals surface area contributed by atoms with E-state index in [1.54, 1.807) is 18.2 Å². The van der Waals surface area contributed by atoms with Crippen LogP contribution < -0.4 is 14.4 Å². The highest BCUT2D eigenvalue weighted by Gasteiger charge is 2.45. The number of nitrogens with zero attached hydrogens (tertiary/aromatic N) is 3. The van der Waals surface area contributed by atoms with Gasteiger partial charge in [0, 0.05) is 13.1 Å². The van der Waals surface area contributed by atoms with Crippen molar-refractivity contribution >= 4 is 51.0 Å². The van der Waals surface area contributed by atoms with Crippen molar-refractivity contribution in [2.24, 2.45) is 11.8 Å². The summed E-state index contributed by atoms with van der Waals surface area (Å²) in [5.41, 5.74) is 0.0926. The van der Waals surface area contributed by atoms with Gasteiger partial charge in [-0.15, -0.1) is 0 Å². The van der Waals surface area contributed by atoms with Gasteiger partial charge in [0.1, 0.15) is 11.9 Å². The molecule has 2 aromatic rings. The first-order valence-corrected chi connectivity index (χ1v) is 13.2. The topological polar surface area (TPSA) is 112 Å². The molecule has 2 fully saturated rings. The first kappa shape index (κ1) is 23.6. The van der Waals surface area contributed by atoms with Gasteiger partial charge < -0.3 is 15.2 Å². The van der Waals surface area contributed by atoms with E-state index in [1.807, 2.05) is 0 Å². The van der Waals surface area contributed by atoms with Crippen molar-refractivity contribution in [3.63, 3.8) is 0 Å². The summed E-state index contributed by atoms with van der Waals surface area (Å²) in [5, 5.41) is 12.7. The number of halogens is 2. The number of carbonyl (C=O) groups excluding carboxylic acids is 1. The zero-order valence-corrected chi connectivity index (χ0v) is 20.5. The van der Waals surface area contributed by atoms with Crippen LogP contribution in [0.4, 0.5) is 11.6 Å². The Morgan fingerprint density at radius 1 is 1.12 bits per heavy atom. The van der Waals surface area contributed by atoms with Crippen LogP contribution in [0, 0.1) is 11.8 Å². The van der Waals surface area contributed by atoms with E-state index in [0.29, 0.717) is 24.9 Å². The number of rotatable bonds is 5. The van der Waals surface area contributed by atoms with E-state index in [0.717, 1.165) is 19.3 Å². The van der Waals surface area contributed by atoms with Gasteiger partial charge in [-0.3, -0.25) is 4.79 Å². The number of aliphatic hydroxyl groups is 1. The molecule has 0 radical (unpaired) electrons. The molecule has 1 aromatic carbocycles. The van der Waals surface area contributed by atoms with Crippen molar-refractivity contribution < 1.29 is 23.1 Å². The van der Waals surface area contributed by atoms with Gasteiger partial charge in [0.05, 0.1) is 28.8 Å². The summed E-state index contributed by atoms with van der Waals surface area (Å²) >= 11 is 12.3. The minimum atomic E-state index is -3.91. The first-order valence-electron chi connectivity index (χ1n) is 11.1. The van der Waals surface area contributed by atoms with Crippen LogP contribution in [0.5, 0.6) is 5.75 Å². The van der Waals surface area contributed by atoms with Crippen LogP contribution in [0.15, 0.2) is 30.3 Å². The van der Waals surface area contributed by atoms with Crippen LogP contribution >= 0.6 is 23.2 Å². The van der Waals surface area contributed by atoms with E-state index in [1.165, 1.54) is 20.7 Å². The van der Waals surface area contributed by atoms with Gasteiger partial charge in [0.15, 0.2) is 11.6 Å². The number of benzene rings is 1. The molecule has 9 nitrogen and oxygen atoms in total.